The molecule has 1 aliphatic heterocycles. The van der Waals surface area contributed by atoms with Crippen LogP contribution in [-0.2, 0) is 6.42 Å². The molecule has 0 spiro atoms. The number of pyridine rings is 1. The highest BCUT2D eigenvalue weighted by Gasteiger charge is 2.33. The number of hydrogen-bond acceptors (Lipinski definition) is 3. The van der Waals surface area contributed by atoms with Crippen molar-refractivity contribution < 1.29 is 0 Å². The topological polar surface area (TPSA) is 28.2 Å². The van der Waals surface area contributed by atoms with Crippen LogP contribution in [0.5, 0.6) is 0 Å². The quantitative estimate of drug-likeness (QED) is 0.369. The molecule has 150 valence electrons. The van der Waals surface area contributed by atoms with E-state index in [9.17, 15) is 0 Å². The van der Waals surface area contributed by atoms with Gasteiger partial charge in [0.2, 0.25) is 0 Å². The number of nitrogens with one attached hydrogen (secondary N) is 1. The van der Waals surface area contributed by atoms with Gasteiger partial charge < -0.3 is 10.2 Å². The van der Waals surface area contributed by atoms with Crippen LogP contribution in [0.4, 0.5) is 22.9 Å². The Hall–Kier alpha value is -3.04. The van der Waals surface area contributed by atoms with Gasteiger partial charge in [-0.15, -0.1) is 0 Å². The van der Waals surface area contributed by atoms with E-state index < -0.39 is 0 Å². The first-order valence-corrected chi connectivity index (χ1v) is 10.6. The van der Waals surface area contributed by atoms with Crippen LogP contribution in [0.15, 0.2) is 72.8 Å². The van der Waals surface area contributed by atoms with Gasteiger partial charge in [-0.05, 0) is 62.2 Å². The number of rotatable bonds is 2. The summed E-state index contributed by atoms with van der Waals surface area (Å²) in [6, 6.07) is 24.9. The molecule has 4 heteroatoms. The Morgan fingerprint density at radius 1 is 0.933 bits per heavy atom. The van der Waals surface area contributed by atoms with E-state index in [1.807, 2.05) is 18.2 Å². The van der Waals surface area contributed by atoms with E-state index in [0.717, 1.165) is 45.2 Å². The Morgan fingerprint density at radius 2 is 1.70 bits per heavy atom. The maximum absolute atomic E-state index is 6.29. The molecule has 0 saturated carbocycles. The van der Waals surface area contributed by atoms with Crippen LogP contribution in [0.2, 0.25) is 5.02 Å². The predicted octanol–water partition coefficient (Wildman–Crippen LogP) is 7.47. The van der Waals surface area contributed by atoms with Gasteiger partial charge in [-0.2, -0.15) is 0 Å². The van der Waals surface area contributed by atoms with Gasteiger partial charge in [0, 0.05) is 22.4 Å². The van der Waals surface area contributed by atoms with Crippen molar-refractivity contribution >= 4 is 45.4 Å². The van der Waals surface area contributed by atoms with Crippen molar-refractivity contribution in [3.8, 4) is 0 Å². The van der Waals surface area contributed by atoms with E-state index in [1.165, 1.54) is 11.1 Å². The van der Waals surface area contributed by atoms with Gasteiger partial charge in [0.15, 0.2) is 5.82 Å². The minimum absolute atomic E-state index is 0.129. The zero-order valence-corrected chi connectivity index (χ0v) is 18.2. The van der Waals surface area contributed by atoms with E-state index in [0.29, 0.717) is 0 Å². The third-order valence-corrected chi connectivity index (χ3v) is 5.77. The van der Waals surface area contributed by atoms with Gasteiger partial charge >= 0.3 is 0 Å². The van der Waals surface area contributed by atoms with E-state index >= 15 is 0 Å². The van der Waals surface area contributed by atoms with Crippen molar-refractivity contribution in [2.75, 3.05) is 10.2 Å². The monoisotopic (exact) mass is 413 g/mol. The van der Waals surface area contributed by atoms with Crippen LogP contribution in [0, 0.1) is 0 Å². The number of benzene rings is 3. The van der Waals surface area contributed by atoms with Gasteiger partial charge in [-0.3, -0.25) is 0 Å². The first kappa shape index (κ1) is 19.0. The summed E-state index contributed by atoms with van der Waals surface area (Å²) in [6.07, 6.45) is 0.777. The highest BCUT2D eigenvalue weighted by Crippen LogP contribution is 2.49. The highest BCUT2D eigenvalue weighted by atomic mass is 35.5. The normalized spacial score (nSPS) is 13.0. The number of nitrogens with zero attached hydrogens (tertiary/aromatic N) is 2. The summed E-state index contributed by atoms with van der Waals surface area (Å²) in [6.45, 7) is 6.69. The summed E-state index contributed by atoms with van der Waals surface area (Å²) in [7, 11) is 0. The van der Waals surface area contributed by atoms with Gasteiger partial charge in [0.05, 0.1) is 22.6 Å². The molecule has 0 atom stereocenters. The summed E-state index contributed by atoms with van der Waals surface area (Å²) in [5.41, 5.74) is 6.62. The van der Waals surface area contributed by atoms with Gasteiger partial charge in [0.25, 0.3) is 0 Å². The molecule has 1 aliphatic rings. The fourth-order valence-electron chi connectivity index (χ4n) is 4.30. The minimum Gasteiger partial charge on any atom is -0.351 e. The largest absolute Gasteiger partial charge is 0.351 e. The maximum atomic E-state index is 6.29. The zero-order valence-electron chi connectivity index (χ0n) is 17.4. The summed E-state index contributed by atoms with van der Waals surface area (Å²) >= 11 is 6.29. The molecule has 0 radical (unpaired) electrons. The van der Waals surface area contributed by atoms with Crippen LogP contribution >= 0.6 is 11.6 Å². The predicted molar refractivity (Wildman–Crippen MR) is 128 cm³/mol. The molecular weight excluding hydrogens is 390 g/mol. The molecule has 3 aromatic carbocycles. The molecule has 0 saturated heterocycles. The number of halogens is 1. The molecule has 0 unspecified atom stereocenters. The third kappa shape index (κ3) is 3.20. The average molecular weight is 414 g/mol. The second kappa shape index (κ2) is 7.03. The number of fused-ring (bicyclic) bond motifs is 3. The summed E-state index contributed by atoms with van der Waals surface area (Å²) < 4.78 is 0. The molecule has 0 aliphatic carbocycles. The first-order chi connectivity index (χ1) is 14.4. The molecule has 1 aromatic heterocycles. The van der Waals surface area contributed by atoms with E-state index in [1.54, 1.807) is 0 Å². The molecular formula is C26H24ClN3. The van der Waals surface area contributed by atoms with E-state index in [2.05, 4.69) is 85.6 Å². The van der Waals surface area contributed by atoms with Crippen molar-refractivity contribution in [1.29, 1.82) is 0 Å². The second-order valence-corrected chi connectivity index (χ2v) is 9.20. The van der Waals surface area contributed by atoms with Crippen LogP contribution in [0.1, 0.15) is 31.9 Å². The second-order valence-electron chi connectivity index (χ2n) is 8.76. The molecule has 1 N–H and O–H groups in total. The Balaban J connectivity index is 1.79. The number of anilines is 4. The van der Waals surface area contributed by atoms with Crippen molar-refractivity contribution in [1.82, 2.24) is 4.98 Å². The molecule has 4 aromatic rings. The molecule has 5 rings (SSSR count). The van der Waals surface area contributed by atoms with Gasteiger partial charge in [-0.1, -0.05) is 54.1 Å². The van der Waals surface area contributed by atoms with Crippen molar-refractivity contribution in [3.63, 3.8) is 0 Å². The minimum atomic E-state index is -0.129. The Bertz CT molecular complexity index is 1260. The lowest BCUT2D eigenvalue weighted by Gasteiger charge is -2.42. The molecule has 2 heterocycles. The van der Waals surface area contributed by atoms with Gasteiger partial charge in [-0.25, -0.2) is 4.98 Å². The smallest absolute Gasteiger partial charge is 0.158 e. The Morgan fingerprint density at radius 3 is 2.50 bits per heavy atom. The summed E-state index contributed by atoms with van der Waals surface area (Å²) in [5, 5.41) is 5.62. The molecule has 3 nitrogen and oxygen atoms in total. The number of para-hydroxylation sites is 3. The standard InChI is InChI=1S/C26H24ClN3/c1-26(2,3)30-23-14-7-6-13-22(23)28-24-20(16-17-9-8-10-18(27)15-17)19-11-4-5-12-21(19)29-25(24)30/h4-15,28H,16H2,1-3H3. The summed E-state index contributed by atoms with van der Waals surface area (Å²) in [4.78, 5) is 7.47. The lowest BCUT2D eigenvalue weighted by atomic mass is 9.95. The SMILES string of the molecule is CC(C)(C)N1c2ccccc2Nc2c1nc1ccccc1c2Cc1cccc(Cl)c1. The third-order valence-electron chi connectivity index (χ3n) is 5.54. The maximum Gasteiger partial charge on any atom is 0.158 e. The lowest BCUT2D eigenvalue weighted by Crippen LogP contribution is -2.40. The zero-order chi connectivity index (χ0) is 20.9. The first-order valence-electron chi connectivity index (χ1n) is 10.2. The lowest BCUT2D eigenvalue weighted by molar-refractivity contribution is 0.555. The molecule has 30 heavy (non-hydrogen) atoms. The fraction of sp³-hybridized carbons (Fsp3) is 0.192. The van der Waals surface area contributed by atoms with Crippen molar-refractivity contribution in [2.45, 2.75) is 32.7 Å². The molecule has 0 fully saturated rings. The van der Waals surface area contributed by atoms with Crippen molar-refractivity contribution in [3.05, 3.63) is 88.9 Å². The molecule has 0 bridgehead atoms. The number of hydrogen-bond donors (Lipinski definition) is 1. The van der Waals surface area contributed by atoms with Crippen LogP contribution in [0.3, 0.4) is 0 Å². The number of aromatic nitrogens is 1. The Labute approximate surface area is 182 Å². The van der Waals surface area contributed by atoms with Crippen LogP contribution in [0.25, 0.3) is 10.9 Å². The highest BCUT2D eigenvalue weighted by molar-refractivity contribution is 6.30. The van der Waals surface area contributed by atoms with E-state index in [-0.39, 0.29) is 5.54 Å². The Kier molecular flexibility index (Phi) is 4.44. The average Bonchev–Trinajstić information content (AvgIpc) is 2.71. The molecule has 0 amide bonds. The fourth-order valence-corrected chi connectivity index (χ4v) is 4.51. The van der Waals surface area contributed by atoms with E-state index in [4.69, 9.17) is 16.6 Å². The van der Waals surface area contributed by atoms with Crippen LogP contribution < -0.4 is 10.2 Å². The van der Waals surface area contributed by atoms with Crippen molar-refractivity contribution in [2.24, 2.45) is 0 Å². The van der Waals surface area contributed by atoms with Crippen LogP contribution in [-0.4, -0.2) is 10.5 Å². The summed E-state index contributed by atoms with van der Waals surface area (Å²) in [5.74, 6) is 0.969. The van der Waals surface area contributed by atoms with Gasteiger partial charge in [0.1, 0.15) is 0 Å².